The Labute approximate surface area is 87.8 Å². The van der Waals surface area contributed by atoms with Crippen molar-refractivity contribution in [3.8, 4) is 0 Å². The molecule has 0 aromatic heterocycles. The van der Waals surface area contributed by atoms with Crippen LogP contribution in [0.25, 0.3) is 0 Å². The number of hydrogen-bond acceptors (Lipinski definition) is 2. The summed E-state index contributed by atoms with van der Waals surface area (Å²) in [6.45, 7) is 2.48. The van der Waals surface area contributed by atoms with Crippen LogP contribution in [-0.4, -0.2) is 27.2 Å². The topological polar surface area (TPSA) is 24.1 Å². The van der Waals surface area contributed by atoms with E-state index in [0.29, 0.717) is 10.8 Å². The molecule has 0 aliphatic heterocycles. The van der Waals surface area contributed by atoms with Crippen molar-refractivity contribution >= 4 is 0 Å². The predicted molar refractivity (Wildman–Crippen MR) is 60.4 cm³/mol. The molecule has 3 saturated carbocycles. The molecule has 82 valence electrons. The Morgan fingerprint density at radius 3 is 1.21 bits per heavy atom. The summed E-state index contributed by atoms with van der Waals surface area (Å²) in [5.41, 5.74) is 1.34. The zero-order chi connectivity index (χ0) is 10.1. The van der Waals surface area contributed by atoms with Crippen LogP contribution in [0.2, 0.25) is 0 Å². The summed E-state index contributed by atoms with van der Waals surface area (Å²) in [5.74, 6) is 0. The molecule has 2 nitrogen and oxygen atoms in total. The van der Waals surface area contributed by atoms with Gasteiger partial charge in [0, 0.05) is 13.1 Å². The van der Waals surface area contributed by atoms with Gasteiger partial charge in [-0.25, -0.2) is 0 Å². The summed E-state index contributed by atoms with van der Waals surface area (Å²) in [4.78, 5) is 0. The lowest BCUT2D eigenvalue weighted by molar-refractivity contribution is -0.00522. The van der Waals surface area contributed by atoms with Crippen LogP contribution in [0.1, 0.15) is 38.5 Å². The maximum atomic E-state index is 3.38. The van der Waals surface area contributed by atoms with Crippen LogP contribution in [0.3, 0.4) is 0 Å². The molecule has 3 fully saturated rings. The molecule has 0 heterocycles. The largest absolute Gasteiger partial charge is 0.319 e. The van der Waals surface area contributed by atoms with Gasteiger partial charge in [-0.2, -0.15) is 0 Å². The molecular weight excluding hydrogens is 172 g/mol. The second-order valence-corrected chi connectivity index (χ2v) is 5.56. The van der Waals surface area contributed by atoms with E-state index in [2.05, 4.69) is 24.7 Å². The SMILES string of the molecule is CNCC12CCC(CNC)(CC1)CC2. The Balaban J connectivity index is 1.98. The molecule has 2 heteroatoms. The minimum absolute atomic E-state index is 0.671. The lowest BCUT2D eigenvalue weighted by atomic mass is 9.53. The molecule has 0 atom stereocenters. The van der Waals surface area contributed by atoms with Crippen molar-refractivity contribution in [2.24, 2.45) is 10.8 Å². The zero-order valence-corrected chi connectivity index (χ0v) is 9.66. The van der Waals surface area contributed by atoms with Crippen molar-refractivity contribution in [2.75, 3.05) is 27.2 Å². The van der Waals surface area contributed by atoms with Crippen LogP contribution in [0.5, 0.6) is 0 Å². The fourth-order valence-corrected chi connectivity index (χ4v) is 3.62. The Hall–Kier alpha value is -0.0800. The van der Waals surface area contributed by atoms with Crippen molar-refractivity contribution in [1.29, 1.82) is 0 Å². The maximum Gasteiger partial charge on any atom is 0.000481 e. The van der Waals surface area contributed by atoms with Gasteiger partial charge in [0.2, 0.25) is 0 Å². The number of fused-ring (bicyclic) bond motifs is 3. The van der Waals surface area contributed by atoms with Gasteiger partial charge in [0.1, 0.15) is 0 Å². The number of hydrogen-bond donors (Lipinski definition) is 2. The molecular formula is C12H24N2. The van der Waals surface area contributed by atoms with E-state index in [0.717, 1.165) is 0 Å². The molecule has 2 bridgehead atoms. The van der Waals surface area contributed by atoms with Crippen LogP contribution in [0.15, 0.2) is 0 Å². The average Bonchev–Trinajstić information content (AvgIpc) is 2.22. The van der Waals surface area contributed by atoms with Gasteiger partial charge in [-0.1, -0.05) is 0 Å². The summed E-state index contributed by atoms with van der Waals surface area (Å²) in [6, 6.07) is 0. The Morgan fingerprint density at radius 1 is 0.714 bits per heavy atom. The van der Waals surface area contributed by atoms with Crippen molar-refractivity contribution in [2.45, 2.75) is 38.5 Å². The van der Waals surface area contributed by atoms with E-state index >= 15 is 0 Å². The summed E-state index contributed by atoms with van der Waals surface area (Å²) in [7, 11) is 4.19. The summed E-state index contributed by atoms with van der Waals surface area (Å²) in [5, 5.41) is 6.77. The standard InChI is InChI=1S/C12H24N2/c1-13-9-11-3-6-12(7-4-11,8-5-11)10-14-2/h13-14H,3-10H2,1-2H3. The molecule has 0 radical (unpaired) electrons. The molecule has 3 aliphatic rings. The Morgan fingerprint density at radius 2 is 1.00 bits per heavy atom. The first-order chi connectivity index (χ1) is 6.74. The summed E-state index contributed by atoms with van der Waals surface area (Å²) >= 11 is 0. The van der Waals surface area contributed by atoms with Gasteiger partial charge in [-0.05, 0) is 63.5 Å². The molecule has 3 aliphatic carbocycles. The molecule has 3 rings (SSSR count). The molecule has 0 amide bonds. The van der Waals surface area contributed by atoms with Gasteiger partial charge < -0.3 is 10.6 Å². The highest BCUT2D eigenvalue weighted by Gasteiger charge is 2.47. The van der Waals surface area contributed by atoms with Gasteiger partial charge in [-0.3, -0.25) is 0 Å². The molecule has 0 unspecified atom stereocenters. The number of rotatable bonds is 4. The predicted octanol–water partition coefficient (Wildman–Crippen LogP) is 1.77. The number of nitrogens with one attached hydrogen (secondary N) is 2. The van der Waals surface area contributed by atoms with Crippen LogP contribution in [0, 0.1) is 10.8 Å². The first-order valence-corrected chi connectivity index (χ1v) is 6.04. The fraction of sp³-hybridized carbons (Fsp3) is 1.00. The summed E-state index contributed by atoms with van der Waals surface area (Å²) in [6.07, 6.45) is 8.72. The van der Waals surface area contributed by atoms with Crippen LogP contribution >= 0.6 is 0 Å². The highest BCUT2D eigenvalue weighted by Crippen LogP contribution is 2.56. The van der Waals surface area contributed by atoms with Crippen molar-refractivity contribution in [1.82, 2.24) is 10.6 Å². The average molecular weight is 196 g/mol. The first-order valence-electron chi connectivity index (χ1n) is 6.04. The van der Waals surface area contributed by atoms with Gasteiger partial charge in [0.05, 0.1) is 0 Å². The first kappa shape index (κ1) is 10.4. The Bertz CT molecular complexity index is 154. The zero-order valence-electron chi connectivity index (χ0n) is 9.66. The second-order valence-electron chi connectivity index (χ2n) is 5.56. The van der Waals surface area contributed by atoms with Crippen molar-refractivity contribution < 1.29 is 0 Å². The minimum Gasteiger partial charge on any atom is -0.319 e. The lowest BCUT2D eigenvalue weighted by Crippen LogP contribution is -2.49. The summed E-state index contributed by atoms with van der Waals surface area (Å²) < 4.78 is 0. The van der Waals surface area contributed by atoms with Crippen molar-refractivity contribution in [3.63, 3.8) is 0 Å². The van der Waals surface area contributed by atoms with E-state index in [1.807, 2.05) is 0 Å². The fourth-order valence-electron chi connectivity index (χ4n) is 3.62. The third kappa shape index (κ3) is 1.70. The van der Waals surface area contributed by atoms with E-state index in [9.17, 15) is 0 Å². The van der Waals surface area contributed by atoms with E-state index < -0.39 is 0 Å². The Kier molecular flexibility index (Phi) is 2.85. The molecule has 0 aromatic carbocycles. The highest BCUT2D eigenvalue weighted by atomic mass is 14.9. The van der Waals surface area contributed by atoms with Crippen LogP contribution in [-0.2, 0) is 0 Å². The normalized spacial score (nSPS) is 41.6. The lowest BCUT2D eigenvalue weighted by Gasteiger charge is -2.53. The van der Waals surface area contributed by atoms with Gasteiger partial charge >= 0.3 is 0 Å². The van der Waals surface area contributed by atoms with Gasteiger partial charge in [-0.15, -0.1) is 0 Å². The van der Waals surface area contributed by atoms with Gasteiger partial charge in [0.15, 0.2) is 0 Å². The molecule has 2 N–H and O–H groups in total. The van der Waals surface area contributed by atoms with E-state index in [4.69, 9.17) is 0 Å². The monoisotopic (exact) mass is 196 g/mol. The smallest absolute Gasteiger partial charge is 0.000481 e. The second kappa shape index (κ2) is 3.82. The quantitative estimate of drug-likeness (QED) is 0.716. The molecule has 14 heavy (non-hydrogen) atoms. The van der Waals surface area contributed by atoms with Crippen LogP contribution in [0.4, 0.5) is 0 Å². The molecule has 0 spiro atoms. The minimum atomic E-state index is 0.671. The van der Waals surface area contributed by atoms with E-state index in [-0.39, 0.29) is 0 Å². The third-order valence-corrected chi connectivity index (χ3v) is 4.66. The highest BCUT2D eigenvalue weighted by molar-refractivity contribution is 5.00. The van der Waals surface area contributed by atoms with E-state index in [1.54, 1.807) is 0 Å². The van der Waals surface area contributed by atoms with Gasteiger partial charge in [0.25, 0.3) is 0 Å². The third-order valence-electron chi connectivity index (χ3n) is 4.66. The van der Waals surface area contributed by atoms with E-state index in [1.165, 1.54) is 51.6 Å². The maximum absolute atomic E-state index is 3.38. The van der Waals surface area contributed by atoms with Crippen molar-refractivity contribution in [3.05, 3.63) is 0 Å². The molecule has 0 aromatic rings. The molecule has 0 saturated heterocycles. The van der Waals surface area contributed by atoms with Crippen LogP contribution < -0.4 is 10.6 Å².